The van der Waals surface area contributed by atoms with E-state index in [1.165, 1.54) is 4.68 Å². The summed E-state index contributed by atoms with van der Waals surface area (Å²) in [6.45, 7) is 4.36. The van der Waals surface area contributed by atoms with Crippen molar-refractivity contribution in [2.45, 2.75) is 27.1 Å². The molecule has 0 radical (unpaired) electrons. The fourth-order valence-corrected chi connectivity index (χ4v) is 3.97. The second kappa shape index (κ2) is 10.2. The number of para-hydroxylation sites is 1. The van der Waals surface area contributed by atoms with Crippen molar-refractivity contribution in [2.75, 3.05) is 12.4 Å². The van der Waals surface area contributed by atoms with Gasteiger partial charge in [-0.05, 0) is 49.7 Å². The summed E-state index contributed by atoms with van der Waals surface area (Å²) in [5.41, 5.74) is 3.49. The van der Waals surface area contributed by atoms with Gasteiger partial charge in [-0.15, -0.1) is 0 Å². The van der Waals surface area contributed by atoms with E-state index in [1.54, 1.807) is 37.6 Å². The highest BCUT2D eigenvalue weighted by molar-refractivity contribution is 6.37. The minimum absolute atomic E-state index is 0.0489. The normalized spacial score (nSPS) is 10.9. The van der Waals surface area contributed by atoms with E-state index >= 15 is 0 Å². The van der Waals surface area contributed by atoms with E-state index in [2.05, 4.69) is 15.5 Å². The van der Waals surface area contributed by atoms with Crippen LogP contribution < -0.4 is 14.8 Å². The molecule has 0 unspecified atom stereocenters. The Bertz CT molecular complexity index is 1310. The van der Waals surface area contributed by atoms with Gasteiger partial charge in [0.1, 0.15) is 5.75 Å². The zero-order valence-electron chi connectivity index (χ0n) is 18.9. The molecule has 0 saturated carbocycles. The van der Waals surface area contributed by atoms with Crippen LogP contribution in [-0.4, -0.2) is 32.6 Å². The first-order valence-electron chi connectivity index (χ1n) is 10.4. The maximum atomic E-state index is 12.8. The highest BCUT2D eigenvalue weighted by atomic mass is 35.5. The van der Waals surface area contributed by atoms with Crippen LogP contribution in [0.4, 0.5) is 5.69 Å². The molecule has 2 heterocycles. The maximum Gasteiger partial charge on any atom is 0.276 e. The number of anilines is 1. The van der Waals surface area contributed by atoms with Gasteiger partial charge in [-0.25, -0.2) is 4.68 Å². The molecule has 0 bridgehead atoms. The first-order chi connectivity index (χ1) is 16.4. The highest BCUT2D eigenvalue weighted by Crippen LogP contribution is 2.32. The van der Waals surface area contributed by atoms with Gasteiger partial charge in [0.2, 0.25) is 0 Å². The van der Waals surface area contributed by atoms with E-state index in [0.717, 1.165) is 17.0 Å². The van der Waals surface area contributed by atoms with Crippen molar-refractivity contribution in [1.29, 1.82) is 0 Å². The van der Waals surface area contributed by atoms with Crippen LogP contribution in [0.1, 0.15) is 27.4 Å². The predicted octanol–water partition coefficient (Wildman–Crippen LogP) is 5.35. The number of carbonyl (C=O) groups excluding carboxylic acids is 1. The van der Waals surface area contributed by atoms with Gasteiger partial charge in [0.15, 0.2) is 18.2 Å². The zero-order valence-corrected chi connectivity index (χ0v) is 20.4. The van der Waals surface area contributed by atoms with E-state index in [1.807, 2.05) is 42.8 Å². The molecule has 0 aliphatic heterocycles. The lowest BCUT2D eigenvalue weighted by Gasteiger charge is -2.09. The summed E-state index contributed by atoms with van der Waals surface area (Å²) in [5.74, 6) is 0.799. The average Bonchev–Trinajstić information content (AvgIpc) is 3.39. The number of aryl methyl sites for hydroxylation is 1. The smallest absolute Gasteiger partial charge is 0.276 e. The lowest BCUT2D eigenvalue weighted by molar-refractivity contribution is 0.102. The topological polar surface area (TPSA) is 83.2 Å². The number of nitrogens with zero attached hydrogens (tertiary/aromatic N) is 4. The van der Waals surface area contributed by atoms with E-state index in [4.69, 9.17) is 32.7 Å². The molecule has 0 aliphatic carbocycles. The number of hydrogen-bond donors (Lipinski definition) is 1. The van der Waals surface area contributed by atoms with Crippen molar-refractivity contribution < 1.29 is 14.3 Å². The summed E-state index contributed by atoms with van der Waals surface area (Å²) in [7, 11) is 1.63. The van der Waals surface area contributed by atoms with Crippen molar-refractivity contribution in [3.05, 3.63) is 87.4 Å². The molecular weight excluding hydrogens is 477 g/mol. The van der Waals surface area contributed by atoms with Gasteiger partial charge in [-0.2, -0.15) is 10.2 Å². The lowest BCUT2D eigenvalue weighted by Crippen LogP contribution is -2.15. The number of hydrogen-bond acceptors (Lipinski definition) is 5. The third kappa shape index (κ3) is 5.18. The van der Waals surface area contributed by atoms with E-state index in [-0.39, 0.29) is 18.3 Å². The van der Waals surface area contributed by atoms with Crippen molar-refractivity contribution >= 4 is 34.8 Å². The molecule has 8 nitrogen and oxygen atoms in total. The molecule has 34 heavy (non-hydrogen) atoms. The third-order valence-corrected chi connectivity index (χ3v) is 5.82. The standard InChI is InChI=1S/C24H23Cl2N5O3/c1-15-22(16(2)31(28-15)13-17-6-4-7-18(12-17)33-3)27-24(32)21-10-11-30(29-21)14-34-23-19(25)8-5-9-20(23)26/h4-12H,13-14H2,1-3H3,(H,27,32). The first kappa shape index (κ1) is 23.7. The number of nitrogens with one attached hydrogen (secondary N) is 1. The Balaban J connectivity index is 1.43. The number of amides is 1. The van der Waals surface area contributed by atoms with Crippen LogP contribution in [0.5, 0.6) is 11.5 Å². The van der Waals surface area contributed by atoms with Crippen LogP contribution in [0.15, 0.2) is 54.7 Å². The third-order valence-electron chi connectivity index (χ3n) is 5.22. The Morgan fingerprint density at radius 2 is 1.79 bits per heavy atom. The molecule has 0 atom stereocenters. The number of carbonyl (C=O) groups is 1. The van der Waals surface area contributed by atoms with E-state index in [9.17, 15) is 4.79 Å². The molecule has 1 amide bonds. The summed E-state index contributed by atoms with van der Waals surface area (Å²) in [6, 6.07) is 14.5. The number of methoxy groups -OCH3 is 1. The van der Waals surface area contributed by atoms with Gasteiger partial charge in [-0.1, -0.05) is 41.4 Å². The Hall–Kier alpha value is -3.49. The van der Waals surface area contributed by atoms with Gasteiger partial charge < -0.3 is 14.8 Å². The van der Waals surface area contributed by atoms with Gasteiger partial charge in [-0.3, -0.25) is 9.48 Å². The van der Waals surface area contributed by atoms with E-state index < -0.39 is 0 Å². The Kier molecular flexibility index (Phi) is 7.09. The molecular formula is C24H23Cl2N5O3. The number of benzene rings is 2. The fraction of sp³-hybridized carbons (Fsp3) is 0.208. The van der Waals surface area contributed by atoms with Gasteiger partial charge in [0.25, 0.3) is 5.91 Å². The summed E-state index contributed by atoms with van der Waals surface area (Å²) in [6.07, 6.45) is 1.64. The molecule has 4 aromatic rings. The minimum Gasteiger partial charge on any atom is -0.497 e. The molecule has 0 aliphatic rings. The van der Waals surface area contributed by atoms with Crippen LogP contribution in [0.2, 0.25) is 10.0 Å². The van der Waals surface area contributed by atoms with E-state index in [0.29, 0.717) is 33.7 Å². The maximum absolute atomic E-state index is 12.8. The molecule has 2 aromatic heterocycles. The second-order valence-electron chi connectivity index (χ2n) is 7.57. The first-order valence-corrected chi connectivity index (χ1v) is 11.2. The van der Waals surface area contributed by atoms with Crippen molar-refractivity contribution in [2.24, 2.45) is 0 Å². The van der Waals surface area contributed by atoms with Gasteiger partial charge in [0.05, 0.1) is 40.8 Å². The fourth-order valence-electron chi connectivity index (χ4n) is 3.46. The molecule has 176 valence electrons. The minimum atomic E-state index is -0.346. The molecule has 10 heteroatoms. The summed E-state index contributed by atoms with van der Waals surface area (Å²) in [5, 5.41) is 12.6. The number of rotatable bonds is 8. The average molecular weight is 500 g/mol. The zero-order chi connectivity index (χ0) is 24.2. The second-order valence-corrected chi connectivity index (χ2v) is 8.39. The van der Waals surface area contributed by atoms with Crippen LogP contribution in [0.3, 0.4) is 0 Å². The Labute approximate surface area is 207 Å². The van der Waals surface area contributed by atoms with Gasteiger partial charge in [0, 0.05) is 6.20 Å². The van der Waals surface area contributed by atoms with Crippen molar-refractivity contribution in [1.82, 2.24) is 19.6 Å². The number of aromatic nitrogens is 4. The monoisotopic (exact) mass is 499 g/mol. The quantitative estimate of drug-likeness (QED) is 0.353. The van der Waals surface area contributed by atoms with Crippen LogP contribution in [0.25, 0.3) is 0 Å². The van der Waals surface area contributed by atoms with Gasteiger partial charge >= 0.3 is 0 Å². The molecule has 0 fully saturated rings. The van der Waals surface area contributed by atoms with Crippen LogP contribution in [0, 0.1) is 13.8 Å². The molecule has 2 aromatic carbocycles. The SMILES string of the molecule is COc1cccc(Cn2nc(C)c(NC(=O)c3ccn(COc4c(Cl)cccc4Cl)n3)c2C)c1. The van der Waals surface area contributed by atoms with Crippen molar-refractivity contribution in [3.63, 3.8) is 0 Å². The molecule has 0 spiro atoms. The Morgan fingerprint density at radius 1 is 1.06 bits per heavy atom. The number of halogens is 2. The van der Waals surface area contributed by atoms with Crippen LogP contribution >= 0.6 is 23.2 Å². The number of ether oxygens (including phenoxy) is 2. The molecule has 4 rings (SSSR count). The largest absolute Gasteiger partial charge is 0.497 e. The van der Waals surface area contributed by atoms with Crippen molar-refractivity contribution in [3.8, 4) is 11.5 Å². The summed E-state index contributed by atoms with van der Waals surface area (Å²) in [4.78, 5) is 12.8. The summed E-state index contributed by atoms with van der Waals surface area (Å²) >= 11 is 12.2. The molecule has 0 saturated heterocycles. The molecule has 1 N–H and O–H groups in total. The predicted molar refractivity (Wildman–Crippen MR) is 131 cm³/mol. The summed E-state index contributed by atoms with van der Waals surface area (Å²) < 4.78 is 14.3. The van der Waals surface area contributed by atoms with Crippen LogP contribution in [-0.2, 0) is 13.3 Å². The highest BCUT2D eigenvalue weighted by Gasteiger charge is 2.17. The Morgan fingerprint density at radius 3 is 2.53 bits per heavy atom. The lowest BCUT2D eigenvalue weighted by atomic mass is 10.2.